The molecule has 9 heavy (non-hydrogen) atoms. The van der Waals surface area contributed by atoms with E-state index in [1.54, 1.807) is 0 Å². The molecule has 0 aromatic carbocycles. The first-order valence-electron chi connectivity index (χ1n) is 2.47. The summed E-state index contributed by atoms with van der Waals surface area (Å²) in [5, 5.41) is 0. The van der Waals surface area contributed by atoms with Crippen molar-refractivity contribution in [2.45, 2.75) is 31.1 Å². The minimum atomic E-state index is 0. The van der Waals surface area contributed by atoms with Crippen LogP contribution in [-0.4, -0.2) is 0 Å². The molecule has 0 spiro atoms. The summed E-state index contributed by atoms with van der Waals surface area (Å²) >= 11 is 1.90. The first-order valence-corrected chi connectivity index (χ1v) is 4.39. The van der Waals surface area contributed by atoms with Gasteiger partial charge in [-0.15, -0.1) is 0 Å². The van der Waals surface area contributed by atoms with Gasteiger partial charge in [-0.25, -0.2) is 0 Å². The van der Waals surface area contributed by atoms with Gasteiger partial charge in [-0.3, -0.25) is 0 Å². The van der Waals surface area contributed by atoms with Crippen molar-refractivity contribution < 1.29 is 35.6 Å². The third kappa shape index (κ3) is 29.1. The van der Waals surface area contributed by atoms with Crippen molar-refractivity contribution in [2.75, 3.05) is 0 Å². The van der Waals surface area contributed by atoms with Gasteiger partial charge in [0.1, 0.15) is 0 Å². The predicted molar refractivity (Wildman–Crippen MR) is 26.4 cm³/mol. The van der Waals surface area contributed by atoms with Crippen molar-refractivity contribution in [3.8, 4) is 0 Å². The van der Waals surface area contributed by atoms with Crippen LogP contribution in [0.2, 0.25) is 4.89 Å². The second kappa shape index (κ2) is 23.6. The van der Waals surface area contributed by atoms with E-state index in [9.17, 15) is 0 Å². The molecule has 0 fully saturated rings. The van der Waals surface area contributed by atoms with Crippen LogP contribution in [0.4, 0.5) is 0 Å². The van der Waals surface area contributed by atoms with Crippen LogP contribution in [0.25, 0.3) is 0 Å². The Kier molecular flexibility index (Phi) is 59.3. The molecule has 0 atom stereocenters. The van der Waals surface area contributed by atoms with Crippen molar-refractivity contribution in [3.63, 3.8) is 0 Å². The van der Waals surface area contributed by atoms with E-state index < -0.39 is 0 Å². The monoisotopic (exact) mass is 306 g/mol. The molecule has 0 aliphatic heterocycles. The summed E-state index contributed by atoms with van der Waals surface area (Å²) in [6.45, 7) is 2.24. The van der Waals surface area contributed by atoms with Crippen LogP contribution in [0.15, 0.2) is 0 Å². The molecule has 0 heterocycles. The summed E-state index contributed by atoms with van der Waals surface area (Å²) in [4.78, 5) is 1.41. The molecule has 0 aromatic rings. The Morgan fingerprint density at radius 2 is 1.44 bits per heavy atom. The summed E-state index contributed by atoms with van der Waals surface area (Å²) in [6, 6.07) is 0. The van der Waals surface area contributed by atoms with E-state index in [0.29, 0.717) is 0 Å². The van der Waals surface area contributed by atoms with Crippen LogP contribution < -0.4 is 0 Å². The Bertz CT molecular complexity index is 24.2. The van der Waals surface area contributed by atoms with Crippen LogP contribution >= 0.6 is 0 Å². The summed E-state index contributed by atoms with van der Waals surface area (Å²) in [5.74, 6) is 0. The molecular weight excluding hydrogens is 294 g/mol. The van der Waals surface area contributed by atoms with E-state index in [1.165, 1.54) is 24.2 Å². The molecule has 0 saturated carbocycles. The molecule has 0 rings (SSSR count). The normalized spacial score (nSPS) is 6.11. The van der Waals surface area contributed by atoms with Gasteiger partial charge < -0.3 is 16.4 Å². The molecule has 0 N–H and O–H groups in total. The second-order valence-corrected chi connectivity index (χ2v) is 2.75. The molecule has 0 bridgehead atoms. The minimum absolute atomic E-state index is 0. The molecule has 56 valence electrons. The third-order valence-corrected chi connectivity index (χ3v) is 1.70. The third-order valence-electron chi connectivity index (χ3n) is 0.737. The zero-order valence-electron chi connectivity index (χ0n) is 5.43. The average molecular weight is 305 g/mol. The van der Waals surface area contributed by atoms with E-state index in [4.69, 9.17) is 0 Å². The van der Waals surface area contributed by atoms with Gasteiger partial charge in [0.15, 0.2) is 0 Å². The van der Waals surface area contributed by atoms with Crippen LogP contribution in [0, 0.1) is 0 Å². The Labute approximate surface area is 67.2 Å². The molecule has 0 saturated heterocycles. The quantitative estimate of drug-likeness (QED) is 0.712. The number of unbranched alkanes of at least 4 members (excludes halogenated alkanes) is 2. The zero-order valence-corrected chi connectivity index (χ0v) is 8.15. The molecule has 3 nitrogen and oxygen atoms in total. The maximum absolute atomic E-state index is 2.24. The van der Waals surface area contributed by atoms with Crippen LogP contribution in [0.1, 0.15) is 26.2 Å². The smallest absolute Gasteiger partial charge is 2.00 e. The van der Waals surface area contributed by atoms with Crippen molar-refractivity contribution >= 4 is 0 Å². The van der Waals surface area contributed by atoms with Gasteiger partial charge in [-0.1, -0.05) is 0 Å². The fourth-order valence-electron chi connectivity index (χ4n) is 0.344. The van der Waals surface area contributed by atoms with Gasteiger partial charge in [-0.2, -0.15) is 0 Å². The van der Waals surface area contributed by atoms with Gasteiger partial charge in [0, 0.05) is 0 Å². The van der Waals surface area contributed by atoms with Gasteiger partial charge in [-0.05, 0) is 0 Å². The zero-order chi connectivity index (χ0) is 4.83. The second-order valence-electron chi connectivity index (χ2n) is 1.40. The van der Waals surface area contributed by atoms with E-state index in [-0.39, 0.29) is 16.4 Å². The SMILES string of the molecule is CCCC[CH2][Re+6].[O-2].[O-2].[O-2]. The standard InChI is InChI=1S/C5H11.3O.Re/c1-3-5-4-2;;;;/h1,3-5H2,2H3;;;;/q;3*-2;+6. The van der Waals surface area contributed by atoms with Crippen molar-refractivity contribution in [2.24, 2.45) is 0 Å². The Morgan fingerprint density at radius 1 is 1.00 bits per heavy atom. The first kappa shape index (κ1) is 22.7. The van der Waals surface area contributed by atoms with Gasteiger partial charge in [0.2, 0.25) is 0 Å². The van der Waals surface area contributed by atoms with Crippen molar-refractivity contribution in [3.05, 3.63) is 0 Å². The topological polar surface area (TPSA) is 85.5 Å². The van der Waals surface area contributed by atoms with E-state index in [2.05, 4.69) is 6.92 Å². The fourth-order valence-corrected chi connectivity index (χ4v) is 1.02. The number of hydrogen-bond acceptors (Lipinski definition) is 0. The van der Waals surface area contributed by atoms with E-state index in [1.807, 2.05) is 19.2 Å². The summed E-state index contributed by atoms with van der Waals surface area (Å²) in [5.41, 5.74) is 0. The van der Waals surface area contributed by atoms with Crippen LogP contribution in [0.3, 0.4) is 0 Å². The van der Waals surface area contributed by atoms with Gasteiger partial charge in [0.05, 0.1) is 0 Å². The Hall–Kier alpha value is 0.542. The van der Waals surface area contributed by atoms with E-state index >= 15 is 0 Å². The summed E-state index contributed by atoms with van der Waals surface area (Å²) in [7, 11) is 0. The molecule has 0 aliphatic carbocycles. The van der Waals surface area contributed by atoms with Crippen LogP contribution in [0.5, 0.6) is 0 Å². The molecule has 4 heteroatoms. The molecule has 0 unspecified atom stereocenters. The molecule has 0 aromatic heterocycles. The number of rotatable bonds is 3. The first-order chi connectivity index (χ1) is 2.91. The van der Waals surface area contributed by atoms with Crippen LogP contribution in [-0.2, 0) is 35.6 Å². The summed E-state index contributed by atoms with van der Waals surface area (Å²) < 4.78 is 0. The van der Waals surface area contributed by atoms with Crippen molar-refractivity contribution in [1.82, 2.24) is 0 Å². The molecule has 0 amide bonds. The maximum Gasteiger partial charge on any atom is -2.00 e. The number of hydrogen-bond donors (Lipinski definition) is 0. The Balaban J connectivity index is -0.0000000417. The minimum Gasteiger partial charge on any atom is -2.00 e. The van der Waals surface area contributed by atoms with Crippen molar-refractivity contribution in [1.29, 1.82) is 0 Å². The maximum atomic E-state index is 2.24. The predicted octanol–water partition coefficient (Wildman–Crippen LogP) is 1.79. The van der Waals surface area contributed by atoms with Gasteiger partial charge >= 0.3 is 50.3 Å². The largest absolute Gasteiger partial charge is 2.00 e. The molecule has 0 aliphatic rings. The van der Waals surface area contributed by atoms with E-state index in [0.717, 1.165) is 0 Å². The molecular formula is C5H11O3Re. The average Bonchev–Trinajstić information content (AvgIpc) is 1.61. The molecule has 0 radical (unpaired) electrons. The Morgan fingerprint density at radius 3 is 1.56 bits per heavy atom. The van der Waals surface area contributed by atoms with Gasteiger partial charge in [0.25, 0.3) is 0 Å². The fraction of sp³-hybridized carbons (Fsp3) is 1.00. The summed E-state index contributed by atoms with van der Waals surface area (Å²) in [6.07, 6.45) is 4.23.